The third kappa shape index (κ3) is 5.84. The average molecular weight is 443 g/mol. The Morgan fingerprint density at radius 1 is 0.939 bits per heavy atom. The van der Waals surface area contributed by atoms with Crippen molar-refractivity contribution in [1.82, 2.24) is 5.43 Å². The van der Waals surface area contributed by atoms with Gasteiger partial charge in [0.25, 0.3) is 5.91 Å². The highest BCUT2D eigenvalue weighted by Gasteiger charge is 2.20. The smallest absolute Gasteiger partial charge is 0.271 e. The molecule has 2 N–H and O–H groups in total. The molecule has 0 radical (unpaired) electrons. The number of carboxylic acid groups (broad SMARTS) is 1. The highest BCUT2D eigenvalue weighted by molar-refractivity contribution is 5.98. The van der Waals surface area contributed by atoms with Crippen LogP contribution in [0.4, 0.5) is 5.69 Å². The number of aromatic carboxylic acids is 1. The first-order valence-corrected chi connectivity index (χ1v) is 11.0. The van der Waals surface area contributed by atoms with E-state index in [0.717, 1.165) is 32.7 Å². The summed E-state index contributed by atoms with van der Waals surface area (Å²) in [5.74, 6) is -1.64. The maximum atomic E-state index is 12.4. The van der Waals surface area contributed by atoms with Gasteiger partial charge in [-0.1, -0.05) is 54.6 Å². The Bertz CT molecular complexity index is 1120. The summed E-state index contributed by atoms with van der Waals surface area (Å²) in [7, 11) is 0. The number of carboxylic acids is 1. The molecule has 4 rings (SSSR count). The molecule has 3 aromatic rings. The number of hydrogen-bond acceptors (Lipinski definition) is 5. The Morgan fingerprint density at radius 3 is 2.30 bits per heavy atom. The third-order valence-electron chi connectivity index (χ3n) is 5.81. The van der Waals surface area contributed by atoms with Crippen molar-refractivity contribution in [1.29, 1.82) is 0 Å². The second kappa shape index (κ2) is 10.6. The third-order valence-corrected chi connectivity index (χ3v) is 5.81. The van der Waals surface area contributed by atoms with E-state index in [1.54, 1.807) is 30.3 Å². The number of benzene rings is 3. The van der Waals surface area contributed by atoms with Crippen LogP contribution < -0.4 is 20.3 Å². The first-order valence-electron chi connectivity index (χ1n) is 11.0. The molecule has 0 atom stereocenters. The molecule has 0 saturated carbocycles. The number of amides is 1. The van der Waals surface area contributed by atoms with E-state index in [4.69, 9.17) is 0 Å². The molecular weight excluding hydrogens is 416 g/mol. The minimum Gasteiger partial charge on any atom is -0.545 e. The van der Waals surface area contributed by atoms with Crippen molar-refractivity contribution in [3.8, 4) is 0 Å². The summed E-state index contributed by atoms with van der Waals surface area (Å²) >= 11 is 0. The largest absolute Gasteiger partial charge is 0.545 e. The molecule has 0 aliphatic carbocycles. The van der Waals surface area contributed by atoms with Crippen LogP contribution in [0.2, 0.25) is 0 Å². The van der Waals surface area contributed by atoms with Crippen molar-refractivity contribution in [2.75, 3.05) is 31.1 Å². The lowest BCUT2D eigenvalue weighted by molar-refractivity contribution is -0.914. The molecule has 0 bridgehead atoms. The summed E-state index contributed by atoms with van der Waals surface area (Å²) in [6.45, 7) is 5.11. The van der Waals surface area contributed by atoms with Crippen LogP contribution >= 0.6 is 0 Å². The molecule has 1 aliphatic heterocycles. The number of anilines is 1. The van der Waals surface area contributed by atoms with E-state index in [1.807, 2.05) is 18.2 Å². The molecule has 7 nitrogen and oxygen atoms in total. The Morgan fingerprint density at radius 2 is 1.61 bits per heavy atom. The van der Waals surface area contributed by atoms with Gasteiger partial charge in [-0.2, -0.15) is 5.10 Å². The molecule has 1 amide bonds. The van der Waals surface area contributed by atoms with Gasteiger partial charge >= 0.3 is 0 Å². The molecule has 1 heterocycles. The Labute approximate surface area is 193 Å². The number of quaternary nitrogens is 1. The molecule has 7 heteroatoms. The zero-order chi connectivity index (χ0) is 23.0. The summed E-state index contributed by atoms with van der Waals surface area (Å²) in [6.07, 6.45) is 1.30. The number of rotatable bonds is 7. The number of hydrogen-bond donors (Lipinski definition) is 2. The fourth-order valence-corrected chi connectivity index (χ4v) is 3.98. The van der Waals surface area contributed by atoms with E-state index in [9.17, 15) is 14.7 Å². The number of hydrazone groups is 1. The molecule has 0 spiro atoms. The summed E-state index contributed by atoms with van der Waals surface area (Å²) in [5.41, 5.74) is 5.78. The zero-order valence-electron chi connectivity index (χ0n) is 18.2. The Hall–Kier alpha value is -3.97. The highest BCUT2D eigenvalue weighted by atomic mass is 16.4. The van der Waals surface area contributed by atoms with Gasteiger partial charge < -0.3 is 19.7 Å². The minimum absolute atomic E-state index is 0.0203. The van der Waals surface area contributed by atoms with Crippen molar-refractivity contribution in [3.63, 3.8) is 0 Å². The Kier molecular flexibility index (Phi) is 7.12. The van der Waals surface area contributed by atoms with Crippen molar-refractivity contribution >= 4 is 23.8 Å². The fraction of sp³-hybridized carbons (Fsp3) is 0.192. The predicted octanol–water partition coefficient (Wildman–Crippen LogP) is 0.719. The number of carbonyl (C=O) groups is 2. The first-order chi connectivity index (χ1) is 16.1. The standard InChI is InChI=1S/C26H26N4O3/c31-25(28-27-18-22-6-4-5-9-24(22)26(32)33)21-12-10-20(11-13-21)19-29-14-16-30(17-15-29)23-7-2-1-3-8-23/h1-13,18H,14-17,19H2,(H,28,31)(H,32,33)/b27-18-. The van der Waals surface area contributed by atoms with Crippen LogP contribution in [0.15, 0.2) is 84.0 Å². The number of piperazine rings is 1. The van der Waals surface area contributed by atoms with Gasteiger partial charge in [0.1, 0.15) is 6.54 Å². The fourth-order valence-electron chi connectivity index (χ4n) is 3.98. The van der Waals surface area contributed by atoms with Crippen molar-refractivity contribution in [3.05, 3.63) is 101 Å². The lowest BCUT2D eigenvalue weighted by Crippen LogP contribution is -3.13. The first kappa shape index (κ1) is 22.2. The highest BCUT2D eigenvalue weighted by Crippen LogP contribution is 2.12. The predicted molar refractivity (Wildman–Crippen MR) is 125 cm³/mol. The lowest BCUT2D eigenvalue weighted by atomic mass is 10.1. The number of nitrogens with zero attached hydrogens (tertiary/aromatic N) is 2. The van der Waals surface area contributed by atoms with Gasteiger partial charge in [0, 0.05) is 27.9 Å². The van der Waals surface area contributed by atoms with Crippen molar-refractivity contribution in [2.45, 2.75) is 6.54 Å². The normalized spacial score (nSPS) is 14.4. The van der Waals surface area contributed by atoms with Crippen molar-refractivity contribution < 1.29 is 19.6 Å². The van der Waals surface area contributed by atoms with Gasteiger partial charge in [-0.05, 0) is 24.3 Å². The molecule has 1 aliphatic rings. The molecule has 0 unspecified atom stereocenters. The number of carbonyl (C=O) groups excluding carboxylic acids is 2. The monoisotopic (exact) mass is 442 g/mol. The van der Waals surface area contributed by atoms with Gasteiger partial charge in [0.2, 0.25) is 0 Å². The molecule has 0 aromatic heterocycles. The van der Waals surface area contributed by atoms with Crippen molar-refractivity contribution in [2.24, 2.45) is 5.10 Å². The Balaban J connectivity index is 1.28. The van der Waals surface area contributed by atoms with Gasteiger partial charge in [-0.15, -0.1) is 0 Å². The van der Waals surface area contributed by atoms with E-state index in [0.29, 0.717) is 11.1 Å². The summed E-state index contributed by atoms with van der Waals surface area (Å²) in [5, 5.41) is 15.0. The minimum atomic E-state index is -1.29. The van der Waals surface area contributed by atoms with E-state index < -0.39 is 5.97 Å². The van der Waals surface area contributed by atoms with Crippen LogP contribution in [0, 0.1) is 0 Å². The van der Waals surface area contributed by atoms with E-state index in [2.05, 4.69) is 39.7 Å². The summed E-state index contributed by atoms with van der Waals surface area (Å²) in [4.78, 5) is 27.4. The van der Waals surface area contributed by atoms with Crippen LogP contribution in [0.5, 0.6) is 0 Å². The SMILES string of the molecule is O=C(N/N=C\c1ccccc1C(=O)[O-])c1ccc(C[NH+]2CCN(c3ccccc3)CC2)cc1. The van der Waals surface area contributed by atoms with Gasteiger partial charge in [0.05, 0.1) is 38.4 Å². The van der Waals surface area contributed by atoms with Crippen LogP contribution in [0.3, 0.4) is 0 Å². The van der Waals surface area contributed by atoms with Gasteiger partial charge in [-0.3, -0.25) is 4.79 Å². The lowest BCUT2D eigenvalue weighted by Gasteiger charge is -2.33. The van der Waals surface area contributed by atoms with E-state index in [-0.39, 0.29) is 11.5 Å². The maximum Gasteiger partial charge on any atom is 0.271 e. The topological polar surface area (TPSA) is 89.3 Å². The molecular formula is C26H26N4O3. The van der Waals surface area contributed by atoms with Crippen LogP contribution in [0.1, 0.15) is 31.8 Å². The van der Waals surface area contributed by atoms with Crippen LogP contribution in [0.25, 0.3) is 0 Å². The molecule has 3 aromatic carbocycles. The quantitative estimate of drug-likeness (QED) is 0.417. The maximum absolute atomic E-state index is 12.4. The second-order valence-electron chi connectivity index (χ2n) is 8.02. The second-order valence-corrected chi connectivity index (χ2v) is 8.02. The molecule has 1 saturated heterocycles. The van der Waals surface area contributed by atoms with Crippen LogP contribution in [-0.4, -0.2) is 44.3 Å². The number of para-hydroxylation sites is 1. The van der Waals surface area contributed by atoms with E-state index in [1.165, 1.54) is 28.4 Å². The van der Waals surface area contributed by atoms with Crippen LogP contribution in [-0.2, 0) is 6.54 Å². The molecule has 1 fully saturated rings. The van der Waals surface area contributed by atoms with E-state index >= 15 is 0 Å². The molecule has 168 valence electrons. The molecule has 33 heavy (non-hydrogen) atoms. The summed E-state index contributed by atoms with van der Waals surface area (Å²) < 4.78 is 0. The average Bonchev–Trinajstić information content (AvgIpc) is 2.85. The summed E-state index contributed by atoms with van der Waals surface area (Å²) in [6, 6.07) is 24.3. The van der Waals surface area contributed by atoms with Gasteiger partial charge in [0.15, 0.2) is 0 Å². The zero-order valence-corrected chi connectivity index (χ0v) is 18.2. The number of nitrogens with one attached hydrogen (secondary N) is 2. The van der Waals surface area contributed by atoms with Gasteiger partial charge in [-0.25, -0.2) is 5.43 Å².